The van der Waals surface area contributed by atoms with Gasteiger partial charge in [0.2, 0.25) is 5.91 Å². The van der Waals surface area contributed by atoms with E-state index in [4.69, 9.17) is 0 Å². The lowest BCUT2D eigenvalue weighted by Gasteiger charge is -2.25. The van der Waals surface area contributed by atoms with Crippen molar-refractivity contribution in [1.82, 2.24) is 4.90 Å². The largest absolute Gasteiger partial charge is 0.368 e. The lowest BCUT2D eigenvalue weighted by Crippen LogP contribution is -2.35. The molecule has 1 amide bonds. The maximum absolute atomic E-state index is 12.1. The molecule has 0 radical (unpaired) electrons. The normalized spacial score (nSPS) is 21.8. The van der Waals surface area contributed by atoms with Gasteiger partial charge in [0, 0.05) is 37.8 Å². The summed E-state index contributed by atoms with van der Waals surface area (Å²) in [7, 11) is 0. The number of carbonyl (C=O) groups excluding carboxylic acids is 1. The van der Waals surface area contributed by atoms with Gasteiger partial charge in [-0.25, -0.2) is 0 Å². The molecule has 2 heterocycles. The summed E-state index contributed by atoms with van der Waals surface area (Å²) in [5.41, 5.74) is 2.74. The van der Waals surface area contributed by atoms with Crippen molar-refractivity contribution in [3.63, 3.8) is 0 Å². The fourth-order valence-corrected chi connectivity index (χ4v) is 3.31. The first kappa shape index (κ1) is 12.5. The van der Waals surface area contributed by atoms with E-state index in [2.05, 4.69) is 36.1 Å². The molecule has 1 atom stereocenters. The number of rotatable bonds is 3. The molecule has 0 aromatic heterocycles. The highest BCUT2D eigenvalue weighted by molar-refractivity contribution is 5.77. The van der Waals surface area contributed by atoms with Crippen molar-refractivity contribution in [2.24, 2.45) is 0 Å². The summed E-state index contributed by atoms with van der Waals surface area (Å²) in [6, 6.07) is 9.09. The van der Waals surface area contributed by atoms with Gasteiger partial charge in [-0.05, 0) is 37.8 Å². The quantitative estimate of drug-likeness (QED) is 0.831. The average Bonchev–Trinajstić information content (AvgIpc) is 3.03. The number of hydrogen-bond donors (Lipinski definition) is 0. The highest BCUT2D eigenvalue weighted by Gasteiger charge is 2.26. The minimum atomic E-state index is 0.328. The lowest BCUT2D eigenvalue weighted by molar-refractivity contribution is -0.129. The Morgan fingerprint density at radius 3 is 2.79 bits per heavy atom. The average molecular weight is 258 g/mol. The van der Waals surface area contributed by atoms with Gasteiger partial charge in [-0.2, -0.15) is 0 Å². The molecule has 2 aliphatic rings. The molecule has 3 nitrogen and oxygen atoms in total. The number of carbonyl (C=O) groups is 1. The van der Waals surface area contributed by atoms with Gasteiger partial charge in [0.15, 0.2) is 0 Å². The molecule has 3 heteroatoms. The van der Waals surface area contributed by atoms with Crippen molar-refractivity contribution in [1.29, 1.82) is 0 Å². The fraction of sp³-hybridized carbons (Fsp3) is 0.562. The molecule has 1 aromatic rings. The van der Waals surface area contributed by atoms with Crippen LogP contribution in [0.15, 0.2) is 24.3 Å². The van der Waals surface area contributed by atoms with Crippen molar-refractivity contribution in [2.75, 3.05) is 24.5 Å². The first-order valence-electron chi connectivity index (χ1n) is 7.38. The number of para-hydroxylation sites is 1. The minimum absolute atomic E-state index is 0.328. The summed E-state index contributed by atoms with van der Waals surface area (Å²) in [5, 5.41) is 0. The highest BCUT2D eigenvalue weighted by atomic mass is 16.2. The molecule has 0 bridgehead atoms. The van der Waals surface area contributed by atoms with Crippen LogP contribution in [0.1, 0.15) is 31.7 Å². The molecule has 2 aliphatic heterocycles. The topological polar surface area (TPSA) is 23.6 Å². The van der Waals surface area contributed by atoms with Gasteiger partial charge in [-0.15, -0.1) is 0 Å². The maximum Gasteiger partial charge on any atom is 0.224 e. The van der Waals surface area contributed by atoms with Crippen LogP contribution in [-0.4, -0.2) is 36.5 Å². The monoisotopic (exact) mass is 258 g/mol. The first-order valence-corrected chi connectivity index (χ1v) is 7.38. The Labute approximate surface area is 115 Å². The SMILES string of the molecule is CC1Cc2ccccc2N1CCC(=O)N1CCCC1. The Kier molecular flexibility index (Phi) is 3.45. The van der Waals surface area contributed by atoms with Crippen molar-refractivity contribution < 1.29 is 4.79 Å². The van der Waals surface area contributed by atoms with Gasteiger partial charge in [-0.1, -0.05) is 18.2 Å². The smallest absolute Gasteiger partial charge is 0.224 e. The van der Waals surface area contributed by atoms with Crippen LogP contribution in [0.25, 0.3) is 0 Å². The van der Waals surface area contributed by atoms with Crippen LogP contribution >= 0.6 is 0 Å². The van der Waals surface area contributed by atoms with Crippen molar-refractivity contribution in [3.8, 4) is 0 Å². The van der Waals surface area contributed by atoms with E-state index in [1.165, 1.54) is 24.1 Å². The summed E-state index contributed by atoms with van der Waals surface area (Å²) in [5.74, 6) is 0.328. The molecular formula is C16H22N2O. The van der Waals surface area contributed by atoms with E-state index in [-0.39, 0.29) is 0 Å². The molecular weight excluding hydrogens is 236 g/mol. The van der Waals surface area contributed by atoms with Crippen molar-refractivity contribution in [2.45, 2.75) is 38.6 Å². The highest BCUT2D eigenvalue weighted by Crippen LogP contribution is 2.31. The molecule has 1 saturated heterocycles. The summed E-state index contributed by atoms with van der Waals surface area (Å²) >= 11 is 0. The third kappa shape index (κ3) is 2.46. The Bertz CT molecular complexity index is 466. The van der Waals surface area contributed by atoms with Crippen molar-refractivity contribution >= 4 is 11.6 Å². The fourth-order valence-electron chi connectivity index (χ4n) is 3.31. The number of anilines is 1. The predicted molar refractivity (Wildman–Crippen MR) is 77.4 cm³/mol. The Morgan fingerprint density at radius 1 is 1.26 bits per heavy atom. The van der Waals surface area contributed by atoms with Crippen LogP contribution < -0.4 is 4.90 Å². The standard InChI is InChI=1S/C16H22N2O/c1-13-12-14-6-2-3-7-15(14)18(13)11-8-16(19)17-9-4-5-10-17/h2-3,6-7,13H,4-5,8-12H2,1H3. The number of fused-ring (bicyclic) bond motifs is 1. The number of benzene rings is 1. The molecule has 0 N–H and O–H groups in total. The Morgan fingerprint density at radius 2 is 2.00 bits per heavy atom. The van der Waals surface area contributed by atoms with E-state index in [1.807, 2.05) is 4.90 Å². The molecule has 19 heavy (non-hydrogen) atoms. The summed E-state index contributed by atoms with van der Waals surface area (Å²) in [6.07, 6.45) is 4.11. The van der Waals surface area contributed by atoms with Crippen LogP contribution in [0.4, 0.5) is 5.69 Å². The first-order chi connectivity index (χ1) is 9.25. The molecule has 0 saturated carbocycles. The van der Waals surface area contributed by atoms with Gasteiger partial charge in [0.1, 0.15) is 0 Å². The number of nitrogens with zero attached hydrogens (tertiary/aromatic N) is 2. The lowest BCUT2D eigenvalue weighted by atomic mass is 10.1. The van der Waals surface area contributed by atoms with E-state index in [0.29, 0.717) is 18.4 Å². The Balaban J connectivity index is 1.62. The van der Waals surface area contributed by atoms with Crippen LogP contribution in [0.5, 0.6) is 0 Å². The predicted octanol–water partition coefficient (Wildman–Crippen LogP) is 2.45. The zero-order valence-electron chi connectivity index (χ0n) is 11.6. The van der Waals surface area contributed by atoms with E-state index in [9.17, 15) is 4.79 Å². The maximum atomic E-state index is 12.1. The molecule has 3 rings (SSSR count). The molecule has 1 unspecified atom stereocenters. The van der Waals surface area contributed by atoms with Crippen LogP contribution in [0.2, 0.25) is 0 Å². The van der Waals surface area contributed by atoms with E-state index < -0.39 is 0 Å². The van der Waals surface area contributed by atoms with Crippen LogP contribution in [-0.2, 0) is 11.2 Å². The van der Waals surface area contributed by atoms with Crippen LogP contribution in [0, 0.1) is 0 Å². The molecule has 0 spiro atoms. The minimum Gasteiger partial charge on any atom is -0.368 e. The zero-order valence-corrected chi connectivity index (χ0v) is 11.6. The molecule has 1 aromatic carbocycles. The number of amides is 1. The zero-order chi connectivity index (χ0) is 13.2. The van der Waals surface area contributed by atoms with Gasteiger partial charge >= 0.3 is 0 Å². The second-order valence-electron chi connectivity index (χ2n) is 5.71. The van der Waals surface area contributed by atoms with Gasteiger partial charge in [-0.3, -0.25) is 4.79 Å². The third-order valence-corrected chi connectivity index (χ3v) is 4.37. The second kappa shape index (κ2) is 5.24. The van der Waals surface area contributed by atoms with Gasteiger partial charge in [0.05, 0.1) is 0 Å². The molecule has 0 aliphatic carbocycles. The van der Waals surface area contributed by atoms with Gasteiger partial charge in [0.25, 0.3) is 0 Å². The van der Waals surface area contributed by atoms with Crippen LogP contribution in [0.3, 0.4) is 0 Å². The summed E-state index contributed by atoms with van der Waals surface area (Å²) in [6.45, 7) is 5.03. The second-order valence-corrected chi connectivity index (χ2v) is 5.71. The van der Waals surface area contributed by atoms with Crippen molar-refractivity contribution in [3.05, 3.63) is 29.8 Å². The number of hydrogen-bond acceptors (Lipinski definition) is 2. The molecule has 1 fully saturated rings. The summed E-state index contributed by atoms with van der Waals surface area (Å²) < 4.78 is 0. The number of likely N-dealkylation sites (tertiary alicyclic amines) is 1. The van der Waals surface area contributed by atoms with E-state index >= 15 is 0 Å². The molecule has 102 valence electrons. The summed E-state index contributed by atoms with van der Waals surface area (Å²) in [4.78, 5) is 16.5. The third-order valence-electron chi connectivity index (χ3n) is 4.37. The van der Waals surface area contributed by atoms with Gasteiger partial charge < -0.3 is 9.80 Å². The van der Waals surface area contributed by atoms with E-state index in [1.54, 1.807) is 0 Å². The van der Waals surface area contributed by atoms with E-state index in [0.717, 1.165) is 26.1 Å². The Hall–Kier alpha value is -1.51.